The molecule has 0 fully saturated rings. The molecule has 0 aromatic heterocycles. The van der Waals surface area contributed by atoms with E-state index in [-0.39, 0.29) is 11.5 Å². The number of nitrogens with one attached hydrogen (secondary N) is 1. The monoisotopic (exact) mass is 284 g/mol. The summed E-state index contributed by atoms with van der Waals surface area (Å²) in [6.07, 6.45) is 0. The van der Waals surface area contributed by atoms with Crippen molar-refractivity contribution in [2.75, 3.05) is 13.6 Å². The summed E-state index contributed by atoms with van der Waals surface area (Å²) in [5.41, 5.74) is -0.574. The van der Waals surface area contributed by atoms with Gasteiger partial charge in [0.2, 0.25) is 5.91 Å². The minimum Gasteiger partial charge on any atom is -0.337 e. The summed E-state index contributed by atoms with van der Waals surface area (Å²) in [6, 6.07) is 2.73. The fraction of sp³-hybridized carbons (Fsp3) is 0.533. The van der Waals surface area contributed by atoms with Gasteiger partial charge in [-0.25, -0.2) is 8.78 Å². The van der Waals surface area contributed by atoms with E-state index in [9.17, 15) is 13.6 Å². The van der Waals surface area contributed by atoms with Crippen molar-refractivity contribution in [3.05, 3.63) is 35.4 Å². The molecule has 5 heteroatoms. The molecule has 0 spiro atoms. The Morgan fingerprint density at radius 2 is 2.00 bits per heavy atom. The second-order valence-corrected chi connectivity index (χ2v) is 5.41. The van der Waals surface area contributed by atoms with Crippen LogP contribution in [0.1, 0.15) is 39.3 Å². The van der Waals surface area contributed by atoms with Crippen LogP contribution < -0.4 is 5.32 Å². The number of nitrogens with zero attached hydrogens (tertiary/aromatic N) is 1. The highest BCUT2D eigenvalue weighted by molar-refractivity contribution is 5.85. The van der Waals surface area contributed by atoms with Gasteiger partial charge in [0.1, 0.15) is 11.6 Å². The lowest BCUT2D eigenvalue weighted by Gasteiger charge is -2.34. The van der Waals surface area contributed by atoms with E-state index < -0.39 is 23.2 Å². The fourth-order valence-corrected chi connectivity index (χ4v) is 2.18. The zero-order chi connectivity index (χ0) is 15.5. The van der Waals surface area contributed by atoms with Crippen molar-refractivity contribution < 1.29 is 13.6 Å². The molecule has 1 atom stereocenters. The van der Waals surface area contributed by atoms with Crippen LogP contribution in [0.4, 0.5) is 8.78 Å². The Morgan fingerprint density at radius 3 is 2.55 bits per heavy atom. The molecule has 3 nitrogen and oxygen atoms in total. The van der Waals surface area contributed by atoms with Crippen LogP contribution in [-0.4, -0.2) is 29.9 Å². The second kappa shape index (κ2) is 6.31. The number of likely N-dealkylation sites (N-methyl/N-ethyl adjacent to an activating group) is 2. The van der Waals surface area contributed by atoms with Crippen molar-refractivity contribution in [2.45, 2.75) is 39.3 Å². The van der Waals surface area contributed by atoms with Gasteiger partial charge in [-0.2, -0.15) is 0 Å². The summed E-state index contributed by atoms with van der Waals surface area (Å²) in [5, 5.41) is 3.08. The lowest BCUT2D eigenvalue weighted by atomic mass is 10.00. The molecule has 112 valence electrons. The molecule has 0 aliphatic rings. The number of hydrogen-bond acceptors (Lipinski definition) is 2. The lowest BCUT2D eigenvalue weighted by molar-refractivity contribution is -0.137. The van der Waals surface area contributed by atoms with Crippen molar-refractivity contribution >= 4 is 5.91 Å². The third-order valence-electron chi connectivity index (χ3n) is 3.46. The van der Waals surface area contributed by atoms with E-state index >= 15 is 0 Å². The molecule has 1 unspecified atom stereocenters. The summed E-state index contributed by atoms with van der Waals surface area (Å²) in [6.45, 7) is 7.77. The van der Waals surface area contributed by atoms with Crippen molar-refractivity contribution in [1.29, 1.82) is 0 Å². The molecule has 0 bridgehead atoms. The van der Waals surface area contributed by atoms with Crippen LogP contribution in [0.25, 0.3) is 0 Å². The number of carbonyl (C=O) groups excluding carboxylic acids is 1. The van der Waals surface area contributed by atoms with Crippen LogP contribution in [0.2, 0.25) is 0 Å². The first-order valence-electron chi connectivity index (χ1n) is 6.68. The number of amides is 1. The fourth-order valence-electron chi connectivity index (χ4n) is 2.18. The Kier molecular flexibility index (Phi) is 5.22. The van der Waals surface area contributed by atoms with Crippen molar-refractivity contribution in [2.24, 2.45) is 0 Å². The molecule has 0 saturated carbocycles. The molecule has 0 heterocycles. The smallest absolute Gasteiger partial charge is 0.242 e. The number of hydrogen-bond donors (Lipinski definition) is 1. The maximum atomic E-state index is 13.8. The van der Waals surface area contributed by atoms with Gasteiger partial charge in [0, 0.05) is 12.6 Å². The van der Waals surface area contributed by atoms with Crippen LogP contribution >= 0.6 is 0 Å². The zero-order valence-corrected chi connectivity index (χ0v) is 12.6. The topological polar surface area (TPSA) is 32.3 Å². The van der Waals surface area contributed by atoms with Gasteiger partial charge < -0.3 is 10.2 Å². The van der Waals surface area contributed by atoms with E-state index in [1.807, 2.05) is 6.92 Å². The van der Waals surface area contributed by atoms with E-state index in [0.717, 1.165) is 18.2 Å². The Balaban J connectivity index is 2.99. The van der Waals surface area contributed by atoms with E-state index in [0.29, 0.717) is 6.54 Å². The number of benzene rings is 1. The van der Waals surface area contributed by atoms with E-state index in [4.69, 9.17) is 0 Å². The van der Waals surface area contributed by atoms with Crippen LogP contribution in [0.5, 0.6) is 0 Å². The predicted molar refractivity (Wildman–Crippen MR) is 75.3 cm³/mol. The SMILES string of the molecule is CCNC(C)(C)C(=O)N(C)C(C)c1cc(F)ccc1F. The van der Waals surface area contributed by atoms with Crippen LogP contribution in [0.3, 0.4) is 0 Å². The molecular formula is C15H22F2N2O. The number of carbonyl (C=O) groups is 1. The third-order valence-corrected chi connectivity index (χ3v) is 3.46. The van der Waals surface area contributed by atoms with Gasteiger partial charge in [0.05, 0.1) is 11.6 Å². The predicted octanol–water partition coefficient (Wildman–Crippen LogP) is 2.87. The molecule has 0 aliphatic heterocycles. The quantitative estimate of drug-likeness (QED) is 0.901. The normalized spacial score (nSPS) is 13.2. The Bertz CT molecular complexity index is 489. The largest absolute Gasteiger partial charge is 0.337 e. The minimum absolute atomic E-state index is 0.171. The van der Waals surface area contributed by atoms with E-state index in [2.05, 4.69) is 5.32 Å². The summed E-state index contributed by atoms with van der Waals surface area (Å²) in [7, 11) is 1.59. The Hall–Kier alpha value is -1.49. The molecule has 0 aliphatic carbocycles. The summed E-state index contributed by atoms with van der Waals surface area (Å²) in [4.78, 5) is 13.8. The molecule has 1 rings (SSSR count). The van der Waals surface area contributed by atoms with Crippen LogP contribution in [0, 0.1) is 11.6 Å². The average Bonchev–Trinajstić information content (AvgIpc) is 2.39. The van der Waals surface area contributed by atoms with Gasteiger partial charge in [-0.1, -0.05) is 6.92 Å². The molecule has 20 heavy (non-hydrogen) atoms. The highest BCUT2D eigenvalue weighted by Gasteiger charge is 2.32. The second-order valence-electron chi connectivity index (χ2n) is 5.41. The molecule has 1 aromatic carbocycles. The van der Waals surface area contributed by atoms with E-state index in [1.54, 1.807) is 27.8 Å². The molecule has 1 aromatic rings. The van der Waals surface area contributed by atoms with Gasteiger partial charge in [0.25, 0.3) is 0 Å². The Labute approximate surface area is 119 Å². The first-order valence-corrected chi connectivity index (χ1v) is 6.68. The standard InChI is InChI=1S/C15H22F2N2O/c1-6-18-15(3,4)14(20)19(5)10(2)12-9-11(16)7-8-13(12)17/h7-10,18H,6H2,1-5H3. The zero-order valence-electron chi connectivity index (χ0n) is 12.6. The third kappa shape index (κ3) is 3.54. The molecule has 1 amide bonds. The van der Waals surface area contributed by atoms with Crippen molar-refractivity contribution in [1.82, 2.24) is 10.2 Å². The van der Waals surface area contributed by atoms with Gasteiger partial charge in [-0.05, 0) is 45.5 Å². The number of halogens is 2. The highest BCUT2D eigenvalue weighted by Crippen LogP contribution is 2.24. The summed E-state index contributed by atoms with van der Waals surface area (Å²) < 4.78 is 27.0. The Morgan fingerprint density at radius 1 is 1.40 bits per heavy atom. The number of rotatable bonds is 5. The first-order chi connectivity index (χ1) is 9.20. The lowest BCUT2D eigenvalue weighted by Crippen LogP contribution is -2.53. The maximum absolute atomic E-state index is 13.8. The van der Waals surface area contributed by atoms with Gasteiger partial charge in [-0.3, -0.25) is 4.79 Å². The molecular weight excluding hydrogens is 262 g/mol. The van der Waals surface area contributed by atoms with Gasteiger partial charge in [-0.15, -0.1) is 0 Å². The molecule has 0 radical (unpaired) electrons. The van der Waals surface area contributed by atoms with Crippen LogP contribution in [-0.2, 0) is 4.79 Å². The summed E-state index contributed by atoms with van der Waals surface area (Å²) >= 11 is 0. The van der Waals surface area contributed by atoms with Crippen LogP contribution in [0.15, 0.2) is 18.2 Å². The van der Waals surface area contributed by atoms with Gasteiger partial charge in [0.15, 0.2) is 0 Å². The van der Waals surface area contributed by atoms with E-state index in [1.165, 1.54) is 4.90 Å². The molecule has 0 saturated heterocycles. The molecule has 1 N–H and O–H groups in total. The average molecular weight is 284 g/mol. The first kappa shape index (κ1) is 16.6. The van der Waals surface area contributed by atoms with Gasteiger partial charge >= 0.3 is 0 Å². The maximum Gasteiger partial charge on any atom is 0.242 e. The highest BCUT2D eigenvalue weighted by atomic mass is 19.1. The minimum atomic E-state index is -0.748. The summed E-state index contributed by atoms with van der Waals surface area (Å²) in [5.74, 6) is -1.20. The van der Waals surface area contributed by atoms with Crippen molar-refractivity contribution in [3.63, 3.8) is 0 Å². The van der Waals surface area contributed by atoms with Crippen molar-refractivity contribution in [3.8, 4) is 0 Å².